The Morgan fingerprint density at radius 2 is 1.84 bits per heavy atom. The standard InChI is InChI=1S/C16H24BN3O4S/c1-15(2)16(3,4)24-17(23-15)19-7-8-25(21,22)14(11-19)12-9-18-20(10-12)13-5-6-13/h9-11,13H,5-8H2,1-4H3. The molecular weight excluding hydrogens is 341 g/mol. The molecule has 1 saturated heterocycles. The maximum absolute atomic E-state index is 12.6. The van der Waals surface area contributed by atoms with Gasteiger partial charge in [0.1, 0.15) is 0 Å². The van der Waals surface area contributed by atoms with Gasteiger partial charge in [0.05, 0.1) is 34.1 Å². The van der Waals surface area contributed by atoms with E-state index in [-0.39, 0.29) is 5.75 Å². The maximum Gasteiger partial charge on any atom is 0.593 e. The van der Waals surface area contributed by atoms with Gasteiger partial charge in [0.15, 0.2) is 9.84 Å². The van der Waals surface area contributed by atoms with Crippen LogP contribution in [0, 0.1) is 0 Å². The molecule has 1 aromatic rings. The summed E-state index contributed by atoms with van der Waals surface area (Å²) < 4.78 is 39.1. The molecule has 7 nitrogen and oxygen atoms in total. The molecule has 1 aliphatic carbocycles. The zero-order valence-corrected chi connectivity index (χ0v) is 15.9. The van der Waals surface area contributed by atoms with Gasteiger partial charge >= 0.3 is 7.25 Å². The van der Waals surface area contributed by atoms with Crippen molar-refractivity contribution in [2.45, 2.75) is 57.8 Å². The van der Waals surface area contributed by atoms with Crippen molar-refractivity contribution in [3.63, 3.8) is 0 Å². The number of nitrogens with zero attached hydrogens (tertiary/aromatic N) is 3. The lowest BCUT2D eigenvalue weighted by Gasteiger charge is -2.32. The van der Waals surface area contributed by atoms with Gasteiger partial charge in [0.25, 0.3) is 0 Å². The summed E-state index contributed by atoms with van der Waals surface area (Å²) >= 11 is 0. The van der Waals surface area contributed by atoms with Crippen molar-refractivity contribution in [3.8, 4) is 0 Å². The minimum atomic E-state index is -3.33. The fourth-order valence-electron chi connectivity index (χ4n) is 3.00. The lowest BCUT2D eigenvalue weighted by Crippen LogP contribution is -2.43. The second-order valence-electron chi connectivity index (χ2n) is 8.05. The van der Waals surface area contributed by atoms with Crippen LogP contribution in [0.15, 0.2) is 18.6 Å². The van der Waals surface area contributed by atoms with Crippen molar-refractivity contribution >= 4 is 22.0 Å². The van der Waals surface area contributed by atoms with Crippen LogP contribution in [-0.2, 0) is 19.1 Å². The molecule has 136 valence electrons. The molecule has 0 bridgehead atoms. The van der Waals surface area contributed by atoms with Crippen LogP contribution in [0.1, 0.15) is 52.1 Å². The molecular formula is C16H24BN3O4S. The molecule has 0 N–H and O–H groups in total. The van der Waals surface area contributed by atoms with Crippen LogP contribution < -0.4 is 0 Å². The highest BCUT2D eigenvalue weighted by atomic mass is 32.2. The molecule has 0 atom stereocenters. The van der Waals surface area contributed by atoms with E-state index in [0.29, 0.717) is 23.1 Å². The summed E-state index contributed by atoms with van der Waals surface area (Å²) in [7, 11) is -3.92. The fraction of sp³-hybridized carbons (Fsp3) is 0.688. The fourth-order valence-corrected chi connectivity index (χ4v) is 4.43. The second-order valence-corrected chi connectivity index (χ2v) is 10.1. The van der Waals surface area contributed by atoms with E-state index in [4.69, 9.17) is 9.31 Å². The van der Waals surface area contributed by atoms with E-state index in [1.807, 2.05) is 43.4 Å². The van der Waals surface area contributed by atoms with Crippen LogP contribution in [0.4, 0.5) is 0 Å². The first-order chi connectivity index (χ1) is 11.6. The Labute approximate surface area is 149 Å². The number of hydrogen-bond donors (Lipinski definition) is 0. The Balaban J connectivity index is 1.64. The summed E-state index contributed by atoms with van der Waals surface area (Å²) in [5.74, 6) is 0.0392. The van der Waals surface area contributed by atoms with Crippen LogP contribution in [-0.4, -0.2) is 53.8 Å². The van der Waals surface area contributed by atoms with E-state index in [9.17, 15) is 8.42 Å². The molecule has 2 fully saturated rings. The van der Waals surface area contributed by atoms with E-state index in [1.165, 1.54) is 0 Å². The molecule has 0 amide bonds. The van der Waals surface area contributed by atoms with Gasteiger partial charge in [-0.15, -0.1) is 0 Å². The van der Waals surface area contributed by atoms with Gasteiger partial charge in [0, 0.05) is 24.5 Å². The molecule has 0 radical (unpaired) electrons. The Morgan fingerprint density at radius 3 is 2.44 bits per heavy atom. The quantitative estimate of drug-likeness (QED) is 0.761. The Kier molecular flexibility index (Phi) is 3.66. The maximum atomic E-state index is 12.6. The van der Waals surface area contributed by atoms with Gasteiger partial charge < -0.3 is 14.1 Å². The molecule has 2 aliphatic heterocycles. The van der Waals surface area contributed by atoms with Gasteiger partial charge in [-0.05, 0) is 40.5 Å². The molecule has 1 saturated carbocycles. The van der Waals surface area contributed by atoms with Gasteiger partial charge in [-0.1, -0.05) is 0 Å². The van der Waals surface area contributed by atoms with Crippen molar-refractivity contribution in [1.29, 1.82) is 0 Å². The average molecular weight is 365 g/mol. The zero-order valence-electron chi connectivity index (χ0n) is 15.1. The summed E-state index contributed by atoms with van der Waals surface area (Å²) in [5, 5.41) is 4.32. The van der Waals surface area contributed by atoms with Gasteiger partial charge in [0.2, 0.25) is 0 Å². The van der Waals surface area contributed by atoms with Gasteiger partial charge in [-0.3, -0.25) is 4.68 Å². The van der Waals surface area contributed by atoms with Crippen LogP contribution >= 0.6 is 0 Å². The van der Waals surface area contributed by atoms with Crippen molar-refractivity contribution in [2.24, 2.45) is 0 Å². The molecule has 25 heavy (non-hydrogen) atoms. The summed E-state index contributed by atoms with van der Waals surface area (Å²) in [4.78, 5) is 2.13. The van der Waals surface area contributed by atoms with Gasteiger partial charge in [-0.2, -0.15) is 5.10 Å². The van der Waals surface area contributed by atoms with Crippen LogP contribution in [0.5, 0.6) is 0 Å². The number of aromatic nitrogens is 2. The van der Waals surface area contributed by atoms with E-state index in [2.05, 4.69) is 5.10 Å². The highest BCUT2D eigenvalue weighted by Crippen LogP contribution is 2.39. The first kappa shape index (κ1) is 17.1. The monoisotopic (exact) mass is 365 g/mol. The molecule has 0 spiro atoms. The smallest absolute Gasteiger partial charge is 0.384 e. The topological polar surface area (TPSA) is 73.7 Å². The van der Waals surface area contributed by atoms with E-state index in [0.717, 1.165) is 12.8 Å². The predicted octanol–water partition coefficient (Wildman–Crippen LogP) is 1.84. The molecule has 0 aromatic carbocycles. The number of rotatable bonds is 3. The Morgan fingerprint density at radius 1 is 1.20 bits per heavy atom. The predicted molar refractivity (Wildman–Crippen MR) is 95.0 cm³/mol. The SMILES string of the molecule is CC1(C)OB(N2C=C(c3cnn(C4CC4)c3)S(=O)(=O)CC2)OC1(C)C. The van der Waals surface area contributed by atoms with E-state index < -0.39 is 28.3 Å². The van der Waals surface area contributed by atoms with Gasteiger partial charge in [-0.25, -0.2) is 8.42 Å². The molecule has 3 heterocycles. The van der Waals surface area contributed by atoms with Crippen LogP contribution in [0.2, 0.25) is 0 Å². The van der Waals surface area contributed by atoms with Crippen LogP contribution in [0.3, 0.4) is 0 Å². The lowest BCUT2D eigenvalue weighted by atomic mass is 9.90. The minimum Gasteiger partial charge on any atom is -0.384 e. The summed E-state index contributed by atoms with van der Waals surface area (Å²) in [6, 6.07) is 0.417. The van der Waals surface area contributed by atoms with Crippen molar-refractivity contribution in [2.75, 3.05) is 12.3 Å². The first-order valence-electron chi connectivity index (χ1n) is 8.70. The Hall–Kier alpha value is -1.32. The molecule has 0 unspecified atom stereocenters. The van der Waals surface area contributed by atoms with E-state index in [1.54, 1.807) is 12.4 Å². The summed E-state index contributed by atoms with van der Waals surface area (Å²) in [6.45, 7) is 8.28. The minimum absolute atomic E-state index is 0.0392. The normalized spacial score (nSPS) is 27.4. The third kappa shape index (κ3) is 2.92. The molecule has 1 aromatic heterocycles. The highest BCUT2D eigenvalue weighted by molar-refractivity contribution is 8.00. The second kappa shape index (κ2) is 5.34. The lowest BCUT2D eigenvalue weighted by molar-refractivity contribution is 0.00578. The van der Waals surface area contributed by atoms with Crippen molar-refractivity contribution < 1.29 is 17.7 Å². The average Bonchev–Trinajstić information content (AvgIpc) is 3.18. The van der Waals surface area contributed by atoms with Crippen molar-refractivity contribution in [3.05, 3.63) is 24.2 Å². The van der Waals surface area contributed by atoms with E-state index >= 15 is 0 Å². The zero-order chi connectivity index (χ0) is 18.0. The summed E-state index contributed by atoms with van der Waals surface area (Å²) in [6.07, 6.45) is 7.32. The van der Waals surface area contributed by atoms with Crippen LogP contribution in [0.25, 0.3) is 4.91 Å². The largest absolute Gasteiger partial charge is 0.593 e. The third-order valence-corrected chi connectivity index (χ3v) is 7.29. The number of hydrogen-bond acceptors (Lipinski definition) is 6. The Bertz CT molecular complexity index is 810. The third-order valence-electron chi connectivity index (χ3n) is 5.55. The molecule has 3 aliphatic rings. The summed E-state index contributed by atoms with van der Waals surface area (Å²) in [5.41, 5.74) is -0.286. The number of sulfone groups is 1. The highest BCUT2D eigenvalue weighted by Gasteiger charge is 2.54. The first-order valence-corrected chi connectivity index (χ1v) is 10.3. The van der Waals surface area contributed by atoms with Crippen molar-refractivity contribution in [1.82, 2.24) is 14.6 Å². The molecule has 4 rings (SSSR count). The molecule has 9 heteroatoms.